The van der Waals surface area contributed by atoms with Gasteiger partial charge in [-0.1, -0.05) is 49.4 Å². The van der Waals surface area contributed by atoms with E-state index in [-0.39, 0.29) is 11.2 Å². The fourth-order valence-electron chi connectivity index (χ4n) is 2.49. The Hall–Kier alpha value is -0.860. The Morgan fingerprint density at radius 2 is 1.80 bits per heavy atom. The van der Waals surface area contributed by atoms with Gasteiger partial charge in [0.05, 0.1) is 4.47 Å². The van der Waals surface area contributed by atoms with E-state index in [2.05, 4.69) is 35.0 Å². The predicted molar refractivity (Wildman–Crippen MR) is 86.9 cm³/mol. The third-order valence-corrected chi connectivity index (χ3v) is 5.28. The van der Waals surface area contributed by atoms with Crippen LogP contribution in [0.1, 0.15) is 24.5 Å². The lowest BCUT2D eigenvalue weighted by Crippen LogP contribution is -2.30. The molecule has 0 bridgehead atoms. The van der Waals surface area contributed by atoms with Crippen LogP contribution in [0, 0.1) is 5.82 Å². The maximum absolute atomic E-state index is 13.7. The van der Waals surface area contributed by atoms with Crippen molar-refractivity contribution in [2.75, 3.05) is 5.88 Å². The van der Waals surface area contributed by atoms with Crippen LogP contribution in [0.3, 0.4) is 0 Å². The van der Waals surface area contributed by atoms with Gasteiger partial charge in [-0.15, -0.1) is 11.6 Å². The van der Waals surface area contributed by atoms with Gasteiger partial charge >= 0.3 is 0 Å². The molecule has 2 aromatic carbocycles. The summed E-state index contributed by atoms with van der Waals surface area (Å²) in [6.07, 6.45) is 1.62. The Kier molecular flexibility index (Phi) is 5.22. The zero-order chi connectivity index (χ0) is 14.6. The number of alkyl halides is 1. The first-order chi connectivity index (χ1) is 9.63. The molecule has 2 rings (SSSR count). The van der Waals surface area contributed by atoms with E-state index < -0.39 is 0 Å². The lowest BCUT2D eigenvalue weighted by Gasteiger charge is -2.32. The number of rotatable bonds is 5. The summed E-state index contributed by atoms with van der Waals surface area (Å²) in [5.41, 5.74) is 1.99. The van der Waals surface area contributed by atoms with Crippen molar-refractivity contribution in [1.82, 2.24) is 0 Å². The van der Waals surface area contributed by atoms with Crippen molar-refractivity contribution in [3.63, 3.8) is 0 Å². The van der Waals surface area contributed by atoms with Crippen molar-refractivity contribution in [2.45, 2.75) is 25.2 Å². The summed E-state index contributed by atoms with van der Waals surface area (Å²) in [6.45, 7) is 2.13. The van der Waals surface area contributed by atoms with Gasteiger partial charge < -0.3 is 0 Å². The first-order valence-corrected chi connectivity index (χ1v) is 8.00. The number of halogens is 3. The van der Waals surface area contributed by atoms with Crippen molar-refractivity contribution < 1.29 is 4.39 Å². The third-order valence-electron chi connectivity index (χ3n) is 3.88. The smallest absolute Gasteiger partial charge is 0.137 e. The fraction of sp³-hybridized carbons (Fsp3) is 0.294. The summed E-state index contributed by atoms with van der Waals surface area (Å²) < 4.78 is 14.2. The summed E-state index contributed by atoms with van der Waals surface area (Å²) in [6, 6.07) is 15.4. The SMILES string of the molecule is CCC(CCl)(Cc1cccc(F)c1Br)c1ccccc1. The normalized spacial score (nSPS) is 14.0. The third kappa shape index (κ3) is 3.07. The summed E-state index contributed by atoms with van der Waals surface area (Å²) in [7, 11) is 0. The fourth-order valence-corrected chi connectivity index (χ4v) is 3.33. The molecular weight excluding hydrogens is 339 g/mol. The molecule has 106 valence electrons. The summed E-state index contributed by atoms with van der Waals surface area (Å²) >= 11 is 9.64. The topological polar surface area (TPSA) is 0 Å². The van der Waals surface area contributed by atoms with Gasteiger partial charge in [0.15, 0.2) is 0 Å². The van der Waals surface area contributed by atoms with Gasteiger partial charge in [-0.3, -0.25) is 0 Å². The van der Waals surface area contributed by atoms with Crippen LogP contribution in [0.5, 0.6) is 0 Å². The second-order valence-corrected chi connectivity index (χ2v) is 6.08. The molecule has 0 aliphatic carbocycles. The monoisotopic (exact) mass is 354 g/mol. The Morgan fingerprint density at radius 3 is 2.40 bits per heavy atom. The molecule has 0 saturated carbocycles. The summed E-state index contributed by atoms with van der Waals surface area (Å²) in [4.78, 5) is 0. The lowest BCUT2D eigenvalue weighted by atomic mass is 9.75. The quantitative estimate of drug-likeness (QED) is 0.602. The summed E-state index contributed by atoms with van der Waals surface area (Å²) in [5.74, 6) is 0.284. The predicted octanol–water partition coefficient (Wildman–Crippen LogP) is 5.72. The molecule has 0 saturated heterocycles. The van der Waals surface area contributed by atoms with E-state index >= 15 is 0 Å². The highest BCUT2D eigenvalue weighted by atomic mass is 79.9. The summed E-state index contributed by atoms with van der Waals surface area (Å²) in [5, 5.41) is 0. The molecule has 0 spiro atoms. The molecule has 0 aliphatic heterocycles. The van der Waals surface area contributed by atoms with Crippen LogP contribution in [-0.4, -0.2) is 5.88 Å². The van der Waals surface area contributed by atoms with Gasteiger partial charge in [0.2, 0.25) is 0 Å². The second kappa shape index (κ2) is 6.73. The van der Waals surface area contributed by atoms with Gasteiger partial charge in [0.1, 0.15) is 5.82 Å². The van der Waals surface area contributed by atoms with Crippen molar-refractivity contribution in [3.05, 3.63) is 69.9 Å². The molecule has 0 radical (unpaired) electrons. The molecule has 0 N–H and O–H groups in total. The van der Waals surface area contributed by atoms with E-state index in [0.29, 0.717) is 10.4 Å². The largest absolute Gasteiger partial charge is 0.206 e. The van der Waals surface area contributed by atoms with Gasteiger partial charge in [0, 0.05) is 11.3 Å². The average Bonchev–Trinajstić information content (AvgIpc) is 2.50. The molecule has 0 aromatic heterocycles. The molecule has 20 heavy (non-hydrogen) atoms. The van der Waals surface area contributed by atoms with Crippen molar-refractivity contribution in [2.24, 2.45) is 0 Å². The Labute approximate surface area is 133 Å². The van der Waals surface area contributed by atoms with E-state index in [4.69, 9.17) is 11.6 Å². The molecule has 0 nitrogen and oxygen atoms in total. The molecular formula is C17H17BrClF. The van der Waals surface area contributed by atoms with Crippen LogP contribution >= 0.6 is 27.5 Å². The molecule has 0 amide bonds. The molecule has 2 aromatic rings. The second-order valence-electron chi connectivity index (χ2n) is 5.02. The highest BCUT2D eigenvalue weighted by molar-refractivity contribution is 9.10. The van der Waals surface area contributed by atoms with Crippen LogP contribution in [0.2, 0.25) is 0 Å². The first-order valence-electron chi connectivity index (χ1n) is 6.67. The molecule has 0 heterocycles. The highest BCUT2D eigenvalue weighted by Crippen LogP contribution is 2.35. The van der Waals surface area contributed by atoms with Gasteiger partial charge in [-0.05, 0) is 46.0 Å². The van der Waals surface area contributed by atoms with Crippen LogP contribution < -0.4 is 0 Å². The Morgan fingerprint density at radius 1 is 1.10 bits per heavy atom. The van der Waals surface area contributed by atoms with Crippen molar-refractivity contribution in [1.29, 1.82) is 0 Å². The minimum atomic E-state index is -0.227. The lowest BCUT2D eigenvalue weighted by molar-refractivity contribution is 0.455. The van der Waals surface area contributed by atoms with Crippen molar-refractivity contribution >= 4 is 27.5 Å². The van der Waals surface area contributed by atoms with Crippen molar-refractivity contribution in [3.8, 4) is 0 Å². The van der Waals surface area contributed by atoms with Crippen LogP contribution in [0.4, 0.5) is 4.39 Å². The maximum Gasteiger partial charge on any atom is 0.137 e. The maximum atomic E-state index is 13.7. The molecule has 3 heteroatoms. The number of hydrogen-bond acceptors (Lipinski definition) is 0. The van der Waals surface area contributed by atoms with E-state index in [1.807, 2.05) is 24.3 Å². The standard InChI is InChI=1S/C17H17BrClF/c1-2-17(12-19,14-8-4-3-5-9-14)11-13-7-6-10-15(20)16(13)18/h3-10H,2,11-12H2,1H3. The van der Waals surface area contributed by atoms with Gasteiger partial charge in [-0.25, -0.2) is 4.39 Å². The minimum Gasteiger partial charge on any atom is -0.206 e. The Balaban J connectivity index is 2.42. The number of benzene rings is 2. The van der Waals surface area contributed by atoms with E-state index in [9.17, 15) is 4.39 Å². The average molecular weight is 356 g/mol. The number of hydrogen-bond donors (Lipinski definition) is 0. The highest BCUT2D eigenvalue weighted by Gasteiger charge is 2.30. The van der Waals surface area contributed by atoms with E-state index in [1.54, 1.807) is 6.07 Å². The first kappa shape index (κ1) is 15.5. The van der Waals surface area contributed by atoms with Crippen LogP contribution in [0.25, 0.3) is 0 Å². The molecule has 1 atom stereocenters. The minimum absolute atomic E-state index is 0.168. The van der Waals surface area contributed by atoms with Crippen LogP contribution in [0.15, 0.2) is 53.0 Å². The Bertz CT molecular complexity index is 564. The molecule has 1 unspecified atom stereocenters. The van der Waals surface area contributed by atoms with Gasteiger partial charge in [-0.2, -0.15) is 0 Å². The molecule has 0 aliphatic rings. The van der Waals surface area contributed by atoms with Gasteiger partial charge in [0.25, 0.3) is 0 Å². The van der Waals surface area contributed by atoms with Crippen LogP contribution in [-0.2, 0) is 11.8 Å². The zero-order valence-corrected chi connectivity index (χ0v) is 13.7. The molecule has 0 fully saturated rings. The zero-order valence-electron chi connectivity index (χ0n) is 11.4. The van der Waals surface area contributed by atoms with E-state index in [1.165, 1.54) is 11.6 Å². The van der Waals surface area contributed by atoms with E-state index in [0.717, 1.165) is 18.4 Å².